The number of quaternary nitrogens is 2. The fraction of sp³-hybridized carbons (Fsp3) is 0.515. The number of rotatable bonds is 29. The summed E-state index contributed by atoms with van der Waals surface area (Å²) in [5, 5.41) is 10.3. The first-order valence-corrected chi connectivity index (χ1v) is 32.8. The fourth-order valence-electron chi connectivity index (χ4n) is 12.6. The van der Waals surface area contributed by atoms with Gasteiger partial charge in [-0.05, 0) is 141 Å². The molecule has 1 fully saturated rings. The van der Waals surface area contributed by atoms with Gasteiger partial charge in [-0.1, -0.05) is 87.0 Å². The van der Waals surface area contributed by atoms with E-state index in [4.69, 9.17) is 21.7 Å². The van der Waals surface area contributed by atoms with E-state index in [-0.39, 0.29) is 40.6 Å². The molecule has 0 bridgehead atoms. The van der Waals surface area contributed by atoms with Crippen molar-refractivity contribution in [3.8, 4) is 5.75 Å². The number of halogens is 1. The highest BCUT2D eigenvalue weighted by molar-refractivity contribution is 7.85. The third-order valence-corrected chi connectivity index (χ3v) is 18.5. The average molecular weight is 1300 g/mol. The number of aliphatic imine (C=N–C) groups is 2. The number of nitrogens with zero attached hydrogens (tertiary/aromatic N) is 6. The third-order valence-electron chi connectivity index (χ3n) is 17.4. The molecule has 1 saturated heterocycles. The summed E-state index contributed by atoms with van der Waals surface area (Å²) in [6, 6.07) is 34.8. The van der Waals surface area contributed by atoms with E-state index in [0.717, 1.165) is 167 Å². The van der Waals surface area contributed by atoms with Crippen molar-refractivity contribution in [3.63, 3.8) is 0 Å². The maximum Gasteiger partial charge on any atom is 0.264 e. The van der Waals surface area contributed by atoms with E-state index in [1.54, 1.807) is 0 Å². The number of nitrogens with one attached hydrogen (secondary N) is 2. The van der Waals surface area contributed by atoms with Crippen LogP contribution in [0.15, 0.2) is 148 Å². The number of ether oxygens (including phenoxy) is 2. The Morgan fingerprint density at radius 3 is 2.27 bits per heavy atom. The molecule has 0 spiro atoms. The van der Waals surface area contributed by atoms with Gasteiger partial charge in [-0.3, -0.25) is 4.55 Å². The summed E-state index contributed by atoms with van der Waals surface area (Å²) in [6.45, 7) is 21.2. The summed E-state index contributed by atoms with van der Waals surface area (Å²) >= 11 is 5.83. The minimum absolute atomic E-state index is 0. The molecule has 4 aliphatic rings. The van der Waals surface area contributed by atoms with Crippen molar-refractivity contribution >= 4 is 61.3 Å². The zero-order chi connectivity index (χ0) is 58.9. The number of anilines is 1. The number of hydrogen-bond donors (Lipinski definition) is 3. The van der Waals surface area contributed by atoms with Crippen molar-refractivity contribution in [1.29, 1.82) is 0 Å². The molecular formula is C68H95IN8O5S2+2. The Morgan fingerprint density at radius 2 is 1.50 bits per heavy atom. The van der Waals surface area contributed by atoms with Crippen LogP contribution in [-0.4, -0.2) is 155 Å². The summed E-state index contributed by atoms with van der Waals surface area (Å²) < 4.78 is 49.8. The van der Waals surface area contributed by atoms with Gasteiger partial charge >= 0.3 is 0 Å². The number of fused-ring (bicyclic) bond motifs is 4. The molecule has 0 radical (unpaired) electrons. The zero-order valence-electron chi connectivity index (χ0n) is 51.3. The molecule has 3 aliphatic heterocycles. The van der Waals surface area contributed by atoms with Crippen LogP contribution >= 0.6 is 12.2 Å². The first kappa shape index (κ1) is 66.5. The smallest absolute Gasteiger partial charge is 0.264 e. The van der Waals surface area contributed by atoms with Crippen LogP contribution in [0.3, 0.4) is 0 Å². The molecule has 0 amide bonds. The molecule has 1 aliphatic carbocycles. The Labute approximate surface area is 525 Å². The van der Waals surface area contributed by atoms with Gasteiger partial charge < -0.3 is 57.9 Å². The molecule has 84 heavy (non-hydrogen) atoms. The molecule has 0 saturated carbocycles. The summed E-state index contributed by atoms with van der Waals surface area (Å²) in [7, 11) is 2.97. The lowest BCUT2D eigenvalue weighted by Gasteiger charge is -2.37. The molecule has 4 aromatic carbocycles. The standard InChI is InChI=1S/C68H93N8O5S2.HI/c1-67(2)59-31-15-16-32-60(59)73(43-18-20-52-83(77,78)79)62(67)37-34-55-26-21-27-56(65(55)81-57-28-11-10-12-29-57)35-38-63-68(3,4)64-58-30-14-13-25-54(58)33-36-61(64)74(63)44-22-41-71-66(82)72-42-24-46-75(5,6)45-19-9-8-17-39-69-53-70-40-23-47-76(7)48-50-80-51-49-76;/h10-16,25,28-38H,8-9,17-24,26-27,39-52H2,1-7H3,(H-2,71,72,77,78,79,82);1H/q+1;/p+1. The van der Waals surface area contributed by atoms with Crippen LogP contribution in [0.2, 0.25) is 0 Å². The van der Waals surface area contributed by atoms with Gasteiger partial charge in [-0.2, -0.15) is 13.0 Å². The van der Waals surface area contributed by atoms with Crippen molar-refractivity contribution < 1.29 is 60.0 Å². The number of likely N-dealkylation sites (N-methyl/N-ethyl adjacent to an activating group) is 1. The molecule has 0 unspecified atom stereocenters. The number of hydrogen-bond acceptors (Lipinski definition) is 8. The summed E-state index contributed by atoms with van der Waals surface area (Å²) in [5.74, 6) is 1.44. The van der Waals surface area contributed by atoms with Crippen LogP contribution in [0.1, 0.15) is 116 Å². The Kier molecular flexibility index (Phi) is 24.6. The highest BCUT2D eigenvalue weighted by atomic mass is 127. The Balaban J connectivity index is 0.0000101. The largest absolute Gasteiger partial charge is 1.00 e. The lowest BCUT2D eigenvalue weighted by atomic mass is 9.78. The summed E-state index contributed by atoms with van der Waals surface area (Å²) in [4.78, 5) is 11.2. The van der Waals surface area contributed by atoms with E-state index in [0.29, 0.717) is 24.5 Å². The van der Waals surface area contributed by atoms with E-state index in [1.807, 2.05) is 30.3 Å². The maximum atomic E-state index is 11.6. The Hall–Kier alpha value is -5.04. The number of thiocarbonyl (C=S) groups is 1. The van der Waals surface area contributed by atoms with Crippen LogP contribution in [0.5, 0.6) is 5.75 Å². The Bertz CT molecular complexity index is 3210. The molecule has 4 aromatic rings. The maximum absolute atomic E-state index is 11.6. The SMILES string of the molecule is CC1(C)C(/C=C/C2=C(Oc3ccccc3)C(=C/C=C3/N(CCCCS(=O)(=O)O)c4ccccc4C3(C)C)/CCC2)=[N+](CCCNC(=S)NCCC[N+](C)(C)CCCCCCN=C=NCCC[N+]2(C)CCOCC2)c2ccc3ccccc3c21.[I-]. The second-order valence-electron chi connectivity index (χ2n) is 25.1. The number of morpholine rings is 1. The molecule has 454 valence electrons. The van der Waals surface area contributed by atoms with Gasteiger partial charge in [0, 0.05) is 79.9 Å². The predicted molar refractivity (Wildman–Crippen MR) is 346 cm³/mol. The van der Waals surface area contributed by atoms with Crippen LogP contribution in [-0.2, 0) is 25.7 Å². The zero-order valence-corrected chi connectivity index (χ0v) is 55.1. The first-order chi connectivity index (χ1) is 39.9. The predicted octanol–water partition coefficient (Wildman–Crippen LogP) is 9.49. The number of benzene rings is 4. The van der Waals surface area contributed by atoms with Crippen molar-refractivity contribution in [1.82, 2.24) is 10.6 Å². The second-order valence-corrected chi connectivity index (χ2v) is 27.1. The van der Waals surface area contributed by atoms with E-state index in [1.165, 1.54) is 52.6 Å². The van der Waals surface area contributed by atoms with Gasteiger partial charge in [0.25, 0.3) is 10.1 Å². The van der Waals surface area contributed by atoms with Crippen LogP contribution in [0.25, 0.3) is 10.8 Å². The number of unbranched alkanes of at least 4 members (excludes halogenated alkanes) is 4. The second kappa shape index (κ2) is 31.0. The van der Waals surface area contributed by atoms with Crippen molar-refractivity contribution in [2.45, 2.75) is 116 Å². The van der Waals surface area contributed by atoms with Gasteiger partial charge in [0.05, 0.1) is 77.7 Å². The van der Waals surface area contributed by atoms with Gasteiger partial charge in [-0.15, -0.1) is 0 Å². The van der Waals surface area contributed by atoms with Gasteiger partial charge in [0.15, 0.2) is 17.4 Å². The quantitative estimate of drug-likeness (QED) is 0.00927. The highest BCUT2D eigenvalue weighted by Crippen LogP contribution is 2.48. The number of para-hydroxylation sites is 2. The van der Waals surface area contributed by atoms with Gasteiger partial charge in [-0.25, -0.2) is 9.98 Å². The summed E-state index contributed by atoms with van der Waals surface area (Å²) in [5.41, 5.74) is 9.07. The van der Waals surface area contributed by atoms with E-state index in [2.05, 4.69) is 170 Å². The van der Waals surface area contributed by atoms with E-state index < -0.39 is 10.1 Å². The Morgan fingerprint density at radius 1 is 0.810 bits per heavy atom. The lowest BCUT2D eigenvalue weighted by molar-refractivity contribution is -0.916. The summed E-state index contributed by atoms with van der Waals surface area (Å²) in [6.07, 6.45) is 20.6. The van der Waals surface area contributed by atoms with E-state index >= 15 is 0 Å². The molecule has 0 aromatic heterocycles. The minimum Gasteiger partial charge on any atom is -1.00 e. The van der Waals surface area contributed by atoms with Crippen LogP contribution < -0.4 is 44.2 Å². The van der Waals surface area contributed by atoms with Crippen molar-refractivity contribution in [2.75, 3.05) is 117 Å². The molecule has 13 nitrogen and oxygen atoms in total. The molecular weight excluding hydrogens is 1200 g/mol. The topological polar surface area (TPSA) is 128 Å². The molecule has 8 rings (SSSR count). The van der Waals surface area contributed by atoms with Crippen LogP contribution in [0.4, 0.5) is 11.4 Å². The number of allylic oxidation sites excluding steroid dienone is 7. The normalized spacial score (nSPS) is 18.2. The highest BCUT2D eigenvalue weighted by Gasteiger charge is 2.46. The first-order valence-electron chi connectivity index (χ1n) is 30.7. The third kappa shape index (κ3) is 18.3. The van der Waals surface area contributed by atoms with Crippen LogP contribution in [0, 0.1) is 0 Å². The minimum atomic E-state index is -4.03. The monoisotopic (exact) mass is 1290 g/mol. The molecule has 3 heterocycles. The van der Waals surface area contributed by atoms with Gasteiger partial charge in [0.2, 0.25) is 5.69 Å². The van der Waals surface area contributed by atoms with Crippen molar-refractivity contribution in [2.24, 2.45) is 9.98 Å². The molecule has 3 N–H and O–H groups in total. The fourth-order valence-corrected chi connectivity index (χ4v) is 13.4. The average Bonchev–Trinajstić information content (AvgIpc) is 2.45. The van der Waals surface area contributed by atoms with E-state index in [9.17, 15) is 13.0 Å². The molecule has 0 atom stereocenters. The lowest BCUT2D eigenvalue weighted by Crippen LogP contribution is -3.00. The van der Waals surface area contributed by atoms with Gasteiger partial charge in [0.1, 0.15) is 24.6 Å². The van der Waals surface area contributed by atoms with Crippen molar-refractivity contribution in [3.05, 3.63) is 149 Å². The molecule has 16 heteroatoms.